The van der Waals surface area contributed by atoms with Crippen molar-refractivity contribution in [3.8, 4) is 0 Å². The fraction of sp³-hybridized carbons (Fsp3) is 0.982. The van der Waals surface area contributed by atoms with E-state index in [9.17, 15) is 56.7 Å². The number of rotatable bonds is 56. The van der Waals surface area contributed by atoms with E-state index in [1.807, 2.05) is 27.7 Å². The van der Waals surface area contributed by atoms with E-state index in [4.69, 9.17) is 10.2 Å². The van der Waals surface area contributed by atoms with Gasteiger partial charge in [0.25, 0.3) is 0 Å². The minimum absolute atomic E-state index is 0.0150. The van der Waals surface area contributed by atoms with Crippen molar-refractivity contribution in [2.24, 2.45) is 113 Å². The summed E-state index contributed by atoms with van der Waals surface area (Å²) in [7, 11) is -2.82. The van der Waals surface area contributed by atoms with Gasteiger partial charge >= 0.3 is 6.18 Å². The molecule has 0 aromatic carbocycles. The summed E-state index contributed by atoms with van der Waals surface area (Å²) in [6.45, 7) is 93.7. The summed E-state index contributed by atoms with van der Waals surface area (Å²) < 4.78 is 60.7. The summed E-state index contributed by atoms with van der Waals surface area (Å²) in [5.41, 5.74) is -0.243. The van der Waals surface area contributed by atoms with E-state index in [1.165, 1.54) is 142 Å². The summed E-state index contributed by atoms with van der Waals surface area (Å²) in [4.78, 5) is 22.0. The predicted molar refractivity (Wildman–Crippen MR) is 553 cm³/mol. The number of aliphatic hydroxyl groups is 7. The third-order valence-electron chi connectivity index (χ3n) is 32.1. The molecular weight excluding hydrogens is 1600 g/mol. The van der Waals surface area contributed by atoms with Gasteiger partial charge in [0.2, 0.25) is 0 Å². The van der Waals surface area contributed by atoms with Crippen LogP contribution >= 0.6 is 0 Å². The van der Waals surface area contributed by atoms with Gasteiger partial charge in [-0.1, -0.05) is 398 Å². The van der Waals surface area contributed by atoms with Crippen molar-refractivity contribution >= 4 is 21.4 Å². The van der Waals surface area contributed by atoms with E-state index in [1.54, 1.807) is 13.8 Å². The number of hydrogen-bond donors (Lipinski definition) is 7. The first-order valence-corrected chi connectivity index (χ1v) is 54.2. The molecule has 0 spiro atoms. The van der Waals surface area contributed by atoms with Crippen LogP contribution in [0.4, 0.5) is 13.2 Å². The van der Waals surface area contributed by atoms with Gasteiger partial charge in [-0.2, -0.15) is 13.2 Å². The number of unbranched alkanes of at least 4 members (excludes halogenated alkanes) is 10. The number of carbonyl (C=O) groups excluding carboxylic acids is 2. The van der Waals surface area contributed by atoms with Crippen molar-refractivity contribution in [2.75, 3.05) is 38.4 Å². The van der Waals surface area contributed by atoms with Gasteiger partial charge in [-0.15, -0.1) is 0 Å². The van der Waals surface area contributed by atoms with Crippen molar-refractivity contribution < 1.29 is 66.9 Å². The zero-order valence-corrected chi connectivity index (χ0v) is 94.4. The number of ketones is 2. The number of aliphatic hydroxyl groups excluding tert-OH is 7. The average molecular weight is 1840 g/mol. The Morgan fingerprint density at radius 2 is 0.468 bits per heavy atom. The molecular formula is C111H235F3O11S. The molecule has 0 aliphatic rings. The monoisotopic (exact) mass is 1830 g/mol. The van der Waals surface area contributed by atoms with Crippen molar-refractivity contribution in [3.05, 3.63) is 0 Å². The summed E-state index contributed by atoms with van der Waals surface area (Å²) >= 11 is 0. The lowest BCUT2D eigenvalue weighted by molar-refractivity contribution is -0.254. The second-order valence-corrected chi connectivity index (χ2v) is 47.4. The van der Waals surface area contributed by atoms with Gasteiger partial charge in [-0.05, 0) is 226 Å². The third-order valence-corrected chi connectivity index (χ3v) is 33.1. The molecule has 0 aromatic rings. The van der Waals surface area contributed by atoms with Crippen LogP contribution in [-0.4, -0.2) is 119 Å². The van der Waals surface area contributed by atoms with Gasteiger partial charge in [0.1, 0.15) is 21.4 Å². The van der Waals surface area contributed by atoms with E-state index < -0.39 is 34.0 Å². The molecule has 0 saturated carbocycles. The lowest BCUT2D eigenvalue weighted by atomic mass is 9.71. The highest BCUT2D eigenvalue weighted by molar-refractivity contribution is 7.90. The quantitative estimate of drug-likeness (QED) is 0.0285. The van der Waals surface area contributed by atoms with Crippen molar-refractivity contribution in [1.29, 1.82) is 0 Å². The highest BCUT2D eigenvalue weighted by atomic mass is 32.2. The van der Waals surface area contributed by atoms with Gasteiger partial charge in [0, 0.05) is 38.9 Å². The minimum atomic E-state index is -4.31. The molecule has 1 unspecified atom stereocenters. The molecule has 13 atom stereocenters. The molecule has 0 amide bonds. The van der Waals surface area contributed by atoms with Crippen molar-refractivity contribution in [3.63, 3.8) is 0 Å². The molecule has 15 heteroatoms. The van der Waals surface area contributed by atoms with E-state index >= 15 is 0 Å². The zero-order valence-electron chi connectivity index (χ0n) is 93.6. The molecule has 0 rings (SSSR count). The Kier molecular flexibility index (Phi) is 88.6. The molecule has 0 aliphatic carbocycles. The Morgan fingerprint density at radius 1 is 0.262 bits per heavy atom. The number of Topliss-reactive ketones (excluding diaryl/α,β-unsaturated/α-hetero) is 2. The Labute approximate surface area is 789 Å². The first kappa shape index (κ1) is 145. The maximum atomic E-state index is 12.8. The predicted octanol–water partition coefficient (Wildman–Crippen LogP) is 33.2. The van der Waals surface area contributed by atoms with Crippen LogP contribution in [0.5, 0.6) is 0 Å². The Bertz CT molecular complexity index is 2430. The zero-order chi connectivity index (χ0) is 102. The molecule has 11 nitrogen and oxygen atoms in total. The van der Waals surface area contributed by atoms with Crippen LogP contribution in [0.25, 0.3) is 0 Å². The van der Waals surface area contributed by atoms with Gasteiger partial charge in [0.15, 0.2) is 0 Å². The fourth-order valence-corrected chi connectivity index (χ4v) is 15.8. The standard InChI is InChI=1S/2C13H26O.C12H26O2S.4C11H24O.C10H19F3O.C10H22O.C9H20O/c2*1-6-7-9-13(5,11(2)3)10-8-12(4)14;1-6-7-8-12(4,11(2)3)9-10-15(5,13)14;3*1-6-7-8-11(5,9(2)3)10(4)12;1-5-6-7-8-11(4,9-12)10(2)3;1-4-5-6-9(7-14,8(2)3)10(11,12)13;1-5-6-7-10(4,8-11)9(2)3;1-5-6-9(4,7-10)8(2)3/h2*11H,6-10H2,1-5H3;11H,6-10H2,1-5H3;3*9-10,12H,6-8H2,1-5H3;10,12H,5-9H2,1-4H3;8,14H,4-7H2,1-3H3;9,11H,5-8H2,1-4H3;8,10H,5-7H2,1-4H3/t2*13-;12-;10?,11-;10-,11+;10-,11-;11-;9-;10-;9-/m1110101111/s1. The summed E-state index contributed by atoms with van der Waals surface area (Å²) in [5, 5.41) is 65.5. The Balaban J connectivity index is -0.000000149. The SMILES string of the molecule is CCCCC[C@](C)(CO)C(C)C.CCCC[C@@](C)(C(C)C)C(C)O.CCCC[C@@](C)(C(C)C)[C@@H](C)O.CCCC[C@@](C)(C(C)C)[C@H](C)O.CCCC[C@@](CO)(C(C)C)C(F)(F)F.CCCC[C@](C)(CCC(C)=O)C(C)C.CCCC[C@](C)(CCC(C)=O)C(C)C.CCCC[C@](C)(CCS(C)(=O)=O)C(C)C.CCCC[C@](C)(CO)C(C)C.CCC[C@](C)(CO)C(C)C. The molecule has 0 radical (unpaired) electrons. The maximum absolute atomic E-state index is 12.8. The van der Waals surface area contributed by atoms with Gasteiger partial charge in [-0.25, -0.2) is 8.42 Å². The Morgan fingerprint density at radius 3 is 0.627 bits per heavy atom. The number of halogens is 3. The molecule has 772 valence electrons. The molecule has 0 aromatic heterocycles. The number of alkyl halides is 3. The molecule has 0 heterocycles. The van der Waals surface area contributed by atoms with Gasteiger partial charge < -0.3 is 45.3 Å². The molecule has 0 saturated heterocycles. The van der Waals surface area contributed by atoms with Crippen molar-refractivity contribution in [2.45, 2.75) is 554 Å². The van der Waals surface area contributed by atoms with Crippen LogP contribution < -0.4 is 0 Å². The number of carbonyl (C=O) groups is 2. The third kappa shape index (κ3) is 65.5. The number of hydrogen-bond acceptors (Lipinski definition) is 11. The van der Waals surface area contributed by atoms with Crippen LogP contribution in [0.3, 0.4) is 0 Å². The van der Waals surface area contributed by atoms with Crippen LogP contribution in [0.2, 0.25) is 0 Å². The summed E-state index contributed by atoms with van der Waals surface area (Å²) in [6.07, 6.45) is 34.8. The summed E-state index contributed by atoms with van der Waals surface area (Å²) in [6, 6.07) is 0. The first-order chi connectivity index (χ1) is 57.4. The normalized spacial score (nSPS) is 17.3. The first-order valence-electron chi connectivity index (χ1n) is 52.1. The molecule has 7 N–H and O–H groups in total. The molecule has 0 aliphatic heterocycles. The average Bonchev–Trinajstić information content (AvgIpc) is 0.789. The highest BCUT2D eigenvalue weighted by Crippen LogP contribution is 2.48. The van der Waals surface area contributed by atoms with Crippen LogP contribution in [-0.2, 0) is 19.4 Å². The van der Waals surface area contributed by atoms with E-state index in [0.717, 1.165) is 83.5 Å². The van der Waals surface area contributed by atoms with E-state index in [0.29, 0.717) is 114 Å². The minimum Gasteiger partial charge on any atom is -0.396 e. The second kappa shape index (κ2) is 76.9. The van der Waals surface area contributed by atoms with E-state index in [2.05, 4.69) is 249 Å². The fourth-order valence-electron chi connectivity index (χ4n) is 15.0. The largest absolute Gasteiger partial charge is 0.396 e. The highest BCUT2D eigenvalue weighted by Gasteiger charge is 2.55. The van der Waals surface area contributed by atoms with Gasteiger partial charge in [0.05, 0.1) is 36.1 Å². The molecule has 0 fully saturated rings. The maximum Gasteiger partial charge on any atom is 0.396 e. The van der Waals surface area contributed by atoms with Gasteiger partial charge in [-0.3, -0.25) is 0 Å². The topological polar surface area (TPSA) is 210 Å². The Hall–Kier alpha value is -1.20. The number of sulfone groups is 1. The second-order valence-electron chi connectivity index (χ2n) is 45.1. The molecule has 126 heavy (non-hydrogen) atoms. The lowest BCUT2D eigenvalue weighted by Crippen LogP contribution is -2.45. The summed E-state index contributed by atoms with van der Waals surface area (Å²) in [5.74, 6) is 5.71. The van der Waals surface area contributed by atoms with E-state index in [-0.39, 0.29) is 62.6 Å². The lowest BCUT2D eigenvalue weighted by Gasteiger charge is -2.37. The molecule has 0 bridgehead atoms. The smallest absolute Gasteiger partial charge is 0.396 e. The van der Waals surface area contributed by atoms with Crippen LogP contribution in [0.1, 0.15) is 529 Å². The van der Waals surface area contributed by atoms with Crippen LogP contribution in [0.15, 0.2) is 0 Å². The van der Waals surface area contributed by atoms with Crippen molar-refractivity contribution in [1.82, 2.24) is 0 Å². The van der Waals surface area contributed by atoms with Crippen LogP contribution in [0, 0.1) is 113 Å².